The van der Waals surface area contributed by atoms with Crippen LogP contribution in [0.4, 0.5) is 16.2 Å². The summed E-state index contributed by atoms with van der Waals surface area (Å²) in [5.41, 5.74) is 11.5. The van der Waals surface area contributed by atoms with E-state index in [0.717, 1.165) is 33.7 Å². The summed E-state index contributed by atoms with van der Waals surface area (Å²) in [5, 5.41) is 7.80. The Bertz CT molecular complexity index is 1560. The van der Waals surface area contributed by atoms with Gasteiger partial charge in [-0.1, -0.05) is 42.5 Å². The highest BCUT2D eigenvalue weighted by molar-refractivity contribution is 6.03. The molecule has 10 nitrogen and oxygen atoms in total. The lowest BCUT2D eigenvalue weighted by molar-refractivity contribution is -0.131. The van der Waals surface area contributed by atoms with E-state index in [1.807, 2.05) is 73.8 Å². The number of likely N-dealkylation sites (N-methyl/N-ethyl adjacent to an activating group) is 1. The summed E-state index contributed by atoms with van der Waals surface area (Å²) in [4.78, 5) is 53.8. The predicted octanol–water partition coefficient (Wildman–Crippen LogP) is 4.50. The minimum absolute atomic E-state index is 0. The lowest BCUT2D eigenvalue weighted by Crippen LogP contribution is -2.54. The van der Waals surface area contributed by atoms with E-state index in [9.17, 15) is 19.2 Å². The molecular weight excluding hydrogens is 594 g/mol. The summed E-state index contributed by atoms with van der Waals surface area (Å²) < 4.78 is 5.18. The molecular formula is C34H42ClN5O5. The molecule has 3 amide bonds. The molecule has 2 aromatic carbocycles. The van der Waals surface area contributed by atoms with Crippen LogP contribution in [0.15, 0.2) is 78.0 Å². The first-order valence-electron chi connectivity index (χ1n) is 14.6. The topological polar surface area (TPSA) is 143 Å². The molecule has 11 heteroatoms. The standard InChI is InChI=1S/C34H41N5O5.ClH/c1-19(36-31(41)20(2)37-32(42)21(3)38-33(43)44-34(4,5)6)30(40)25-12-10-14-27-29(25)28(22-15-17-23(35)18-16-22)24-11-8-9-13-26(24)39(27)7;/h8-21,25H,35H2,1-7H3,(H,36,41)(H,37,42)(H,38,43);1H/t19-,20-,21-,25?;/m0./s1. The van der Waals surface area contributed by atoms with E-state index in [4.69, 9.17) is 10.5 Å². The second-order valence-electron chi connectivity index (χ2n) is 12.1. The number of alkyl carbamates (subject to hydrolysis) is 1. The van der Waals surface area contributed by atoms with Gasteiger partial charge in [-0.3, -0.25) is 14.4 Å². The number of allylic oxidation sites excluding steroid dienone is 4. The maximum Gasteiger partial charge on any atom is 0.408 e. The van der Waals surface area contributed by atoms with Gasteiger partial charge in [0, 0.05) is 29.7 Å². The van der Waals surface area contributed by atoms with Gasteiger partial charge < -0.3 is 31.3 Å². The molecule has 4 rings (SSSR count). The van der Waals surface area contributed by atoms with Crippen molar-refractivity contribution in [2.75, 3.05) is 17.7 Å². The summed E-state index contributed by atoms with van der Waals surface area (Å²) in [7, 11) is 1.97. The molecule has 2 aliphatic rings. The Morgan fingerprint density at radius 3 is 2.07 bits per heavy atom. The number of nitrogens with one attached hydrogen (secondary N) is 3. The van der Waals surface area contributed by atoms with Crippen molar-refractivity contribution in [2.45, 2.75) is 65.3 Å². The summed E-state index contributed by atoms with van der Waals surface area (Å²) in [6.45, 7) is 9.79. The zero-order chi connectivity index (χ0) is 32.3. The average molecular weight is 636 g/mol. The Morgan fingerprint density at radius 2 is 1.44 bits per heavy atom. The number of ketones is 1. The molecule has 45 heavy (non-hydrogen) atoms. The number of nitrogens with zero attached hydrogens (tertiary/aromatic N) is 1. The van der Waals surface area contributed by atoms with Gasteiger partial charge >= 0.3 is 6.09 Å². The SMILES string of the molecule is C[C@H](NC(=O)OC(C)(C)C)C(=O)N[C@@H](C)C(=O)N[C@@H](C)C(=O)C1C=CC=C2C1=C(c1ccc(N)cc1)c1ccccc1N2C.Cl. The molecule has 0 radical (unpaired) electrons. The number of nitrogen functional groups attached to an aromatic ring is 1. The molecule has 0 bridgehead atoms. The van der Waals surface area contributed by atoms with Crippen molar-refractivity contribution < 1.29 is 23.9 Å². The van der Waals surface area contributed by atoms with Crippen LogP contribution in [-0.4, -0.2) is 54.5 Å². The number of amides is 3. The van der Waals surface area contributed by atoms with E-state index in [1.54, 1.807) is 27.7 Å². The number of benzene rings is 2. The first kappa shape index (κ1) is 34.9. The highest BCUT2D eigenvalue weighted by Crippen LogP contribution is 2.47. The van der Waals surface area contributed by atoms with E-state index < -0.39 is 47.6 Å². The highest BCUT2D eigenvalue weighted by Gasteiger charge is 2.37. The van der Waals surface area contributed by atoms with Crippen molar-refractivity contribution in [1.29, 1.82) is 0 Å². The number of hydrogen-bond acceptors (Lipinski definition) is 7. The van der Waals surface area contributed by atoms with Crippen LogP contribution >= 0.6 is 12.4 Å². The minimum atomic E-state index is -0.963. The van der Waals surface area contributed by atoms with Gasteiger partial charge in [-0.2, -0.15) is 0 Å². The number of Topliss-reactive ketones (excluding diaryl/α,β-unsaturated/α-hetero) is 1. The number of rotatable bonds is 8. The molecule has 0 saturated carbocycles. The van der Waals surface area contributed by atoms with Crippen LogP contribution in [0.25, 0.3) is 5.57 Å². The van der Waals surface area contributed by atoms with Gasteiger partial charge in [-0.05, 0) is 82.5 Å². The number of anilines is 2. The van der Waals surface area contributed by atoms with Crippen molar-refractivity contribution >= 4 is 53.0 Å². The fraction of sp³-hybridized carbons (Fsp3) is 0.353. The normalized spacial score (nSPS) is 17.4. The van der Waals surface area contributed by atoms with E-state index in [-0.39, 0.29) is 18.2 Å². The molecule has 1 unspecified atom stereocenters. The summed E-state index contributed by atoms with van der Waals surface area (Å²) >= 11 is 0. The third-order valence-corrected chi connectivity index (χ3v) is 7.48. The Kier molecular flexibility index (Phi) is 10.9. The summed E-state index contributed by atoms with van der Waals surface area (Å²) in [6.07, 6.45) is 4.95. The second kappa shape index (κ2) is 14.0. The van der Waals surface area contributed by atoms with Gasteiger partial charge in [0.1, 0.15) is 17.7 Å². The Balaban J connectivity index is 0.00000552. The fourth-order valence-electron chi connectivity index (χ4n) is 5.26. The highest BCUT2D eigenvalue weighted by atomic mass is 35.5. The Hall–Kier alpha value is -4.57. The van der Waals surface area contributed by atoms with E-state index in [1.165, 1.54) is 13.8 Å². The van der Waals surface area contributed by atoms with Crippen molar-refractivity contribution in [3.8, 4) is 0 Å². The number of fused-ring (bicyclic) bond motifs is 2. The van der Waals surface area contributed by atoms with Crippen LogP contribution in [0.1, 0.15) is 52.7 Å². The van der Waals surface area contributed by atoms with Crippen LogP contribution < -0.4 is 26.6 Å². The van der Waals surface area contributed by atoms with Crippen molar-refractivity contribution in [3.05, 3.63) is 89.2 Å². The molecule has 240 valence electrons. The number of halogens is 1. The van der Waals surface area contributed by atoms with Crippen LogP contribution in [0.5, 0.6) is 0 Å². The molecule has 0 saturated heterocycles. The Morgan fingerprint density at radius 1 is 0.867 bits per heavy atom. The largest absolute Gasteiger partial charge is 0.444 e. The summed E-state index contributed by atoms with van der Waals surface area (Å²) in [5.74, 6) is -1.94. The average Bonchev–Trinajstić information content (AvgIpc) is 2.96. The number of hydrogen-bond donors (Lipinski definition) is 4. The van der Waals surface area contributed by atoms with Crippen molar-refractivity contribution in [2.24, 2.45) is 5.92 Å². The zero-order valence-electron chi connectivity index (χ0n) is 26.6. The number of carbonyl (C=O) groups excluding carboxylic acids is 4. The zero-order valence-corrected chi connectivity index (χ0v) is 27.5. The van der Waals surface area contributed by atoms with Gasteiger partial charge in [0.2, 0.25) is 11.8 Å². The van der Waals surface area contributed by atoms with Gasteiger partial charge in [0.25, 0.3) is 0 Å². The number of para-hydroxylation sites is 1. The molecule has 1 aliphatic heterocycles. The number of carbonyl (C=O) groups is 4. The van der Waals surface area contributed by atoms with E-state index >= 15 is 0 Å². The van der Waals surface area contributed by atoms with Crippen molar-refractivity contribution in [3.63, 3.8) is 0 Å². The van der Waals surface area contributed by atoms with Crippen LogP contribution in [0.3, 0.4) is 0 Å². The lowest BCUT2D eigenvalue weighted by atomic mass is 9.76. The fourth-order valence-corrected chi connectivity index (χ4v) is 5.26. The maximum absolute atomic E-state index is 14.0. The Labute approximate surface area is 270 Å². The smallest absolute Gasteiger partial charge is 0.408 e. The number of ether oxygens (including phenoxy) is 1. The van der Waals surface area contributed by atoms with Crippen LogP contribution in [0.2, 0.25) is 0 Å². The first-order chi connectivity index (χ1) is 20.7. The number of nitrogens with two attached hydrogens (primary N) is 1. The molecule has 2 aromatic rings. The molecule has 5 N–H and O–H groups in total. The first-order valence-corrected chi connectivity index (χ1v) is 14.6. The van der Waals surface area contributed by atoms with Gasteiger partial charge in [0.05, 0.1) is 12.0 Å². The van der Waals surface area contributed by atoms with Gasteiger partial charge in [-0.25, -0.2) is 4.79 Å². The van der Waals surface area contributed by atoms with E-state index in [0.29, 0.717) is 5.69 Å². The van der Waals surface area contributed by atoms with E-state index in [2.05, 4.69) is 20.9 Å². The summed E-state index contributed by atoms with van der Waals surface area (Å²) in [6, 6.07) is 12.8. The molecule has 0 spiro atoms. The van der Waals surface area contributed by atoms with Crippen molar-refractivity contribution in [1.82, 2.24) is 16.0 Å². The maximum atomic E-state index is 14.0. The molecule has 1 heterocycles. The monoisotopic (exact) mass is 635 g/mol. The third kappa shape index (κ3) is 7.94. The lowest BCUT2D eigenvalue weighted by Gasteiger charge is -2.38. The molecule has 0 aromatic heterocycles. The third-order valence-electron chi connectivity index (χ3n) is 7.48. The molecule has 0 fully saturated rings. The quantitative estimate of drug-likeness (QED) is 0.313. The van der Waals surface area contributed by atoms with Gasteiger partial charge in [-0.15, -0.1) is 12.4 Å². The van der Waals surface area contributed by atoms with Gasteiger partial charge in [0.15, 0.2) is 5.78 Å². The molecule has 1 aliphatic carbocycles. The molecule has 4 atom stereocenters. The predicted molar refractivity (Wildman–Crippen MR) is 179 cm³/mol. The van der Waals surface area contributed by atoms with Crippen LogP contribution in [0, 0.1) is 5.92 Å². The minimum Gasteiger partial charge on any atom is -0.444 e. The second-order valence-corrected chi connectivity index (χ2v) is 12.1. The van der Waals surface area contributed by atoms with Crippen LogP contribution in [-0.2, 0) is 19.1 Å².